The summed E-state index contributed by atoms with van der Waals surface area (Å²) in [6.45, 7) is 0. The summed E-state index contributed by atoms with van der Waals surface area (Å²) >= 11 is 2.66. The van der Waals surface area contributed by atoms with Crippen LogP contribution in [0.5, 0.6) is 5.75 Å². The van der Waals surface area contributed by atoms with Gasteiger partial charge in [-0.2, -0.15) is 0 Å². The van der Waals surface area contributed by atoms with E-state index in [0.717, 1.165) is 10.2 Å². The van der Waals surface area contributed by atoms with Gasteiger partial charge in [0, 0.05) is 6.42 Å². The average Bonchev–Trinajstić information content (AvgIpc) is 2.93. The molecule has 0 radical (unpaired) electrons. The van der Waals surface area contributed by atoms with E-state index in [1.165, 1.54) is 23.1 Å². The first-order valence-electron chi connectivity index (χ1n) is 6.46. The third kappa shape index (κ3) is 2.38. The van der Waals surface area contributed by atoms with Crippen molar-refractivity contribution in [3.05, 3.63) is 23.2 Å². The summed E-state index contributed by atoms with van der Waals surface area (Å²) in [5.74, 6) is 0.127. The molecule has 0 aliphatic carbocycles. The number of primary amides is 1. The van der Waals surface area contributed by atoms with Crippen LogP contribution in [0.2, 0.25) is 0 Å². The van der Waals surface area contributed by atoms with Gasteiger partial charge in [0.25, 0.3) is 5.91 Å². The van der Waals surface area contributed by atoms with Gasteiger partial charge in [0.2, 0.25) is 6.29 Å². The molecule has 1 amide bonds. The molecule has 6 nitrogen and oxygen atoms in total. The Balaban J connectivity index is 1.52. The van der Waals surface area contributed by atoms with Gasteiger partial charge in [-0.15, -0.1) is 11.3 Å². The molecular formula is C13H12N2O4S2. The molecule has 110 valence electrons. The minimum absolute atomic E-state index is 0.176. The number of carbonyl (C=O) groups is 1. The largest absolute Gasteiger partial charge is 0.465 e. The standard InChI is InChI=1S/C13H12N2O4S2/c14-10(16)11-15-7-2-1-6(5-8(7)20-11)18-9-3-4-13(17)12(19-9)21-13/h1-2,5,9,12,17H,3-4H2,(H2,14,16)/t9-,12?,13-/m1/s1. The predicted octanol–water partition coefficient (Wildman–Crippen LogP) is 1.67. The van der Waals surface area contributed by atoms with Crippen molar-refractivity contribution in [3.8, 4) is 5.75 Å². The molecule has 3 heterocycles. The van der Waals surface area contributed by atoms with Crippen LogP contribution in [0, 0.1) is 0 Å². The van der Waals surface area contributed by atoms with Crippen molar-refractivity contribution in [1.29, 1.82) is 0 Å². The molecule has 2 fully saturated rings. The zero-order valence-electron chi connectivity index (χ0n) is 10.8. The fraction of sp³-hybridized carbons (Fsp3) is 0.385. The number of rotatable bonds is 3. The highest BCUT2D eigenvalue weighted by Gasteiger charge is 2.59. The fourth-order valence-electron chi connectivity index (χ4n) is 2.31. The molecule has 0 bridgehead atoms. The first kappa shape index (κ1) is 13.3. The number of hydrogen-bond acceptors (Lipinski definition) is 7. The van der Waals surface area contributed by atoms with E-state index in [4.69, 9.17) is 15.2 Å². The molecule has 8 heteroatoms. The number of benzene rings is 1. The Morgan fingerprint density at radius 2 is 2.43 bits per heavy atom. The summed E-state index contributed by atoms with van der Waals surface area (Å²) < 4.78 is 12.3. The monoisotopic (exact) mass is 324 g/mol. The number of fused-ring (bicyclic) bond motifs is 2. The Morgan fingerprint density at radius 3 is 3.19 bits per heavy atom. The Bertz CT molecular complexity index is 734. The van der Waals surface area contributed by atoms with Gasteiger partial charge in [-0.1, -0.05) is 11.8 Å². The third-order valence-electron chi connectivity index (χ3n) is 3.47. The first-order valence-corrected chi connectivity index (χ1v) is 8.16. The van der Waals surface area contributed by atoms with Gasteiger partial charge in [-0.3, -0.25) is 4.79 Å². The second-order valence-corrected chi connectivity index (χ2v) is 7.43. The molecule has 1 aromatic heterocycles. The zero-order chi connectivity index (χ0) is 14.6. The highest BCUT2D eigenvalue weighted by atomic mass is 32.2. The van der Waals surface area contributed by atoms with Crippen molar-refractivity contribution in [2.75, 3.05) is 0 Å². The molecule has 2 aliphatic heterocycles. The number of nitrogens with zero attached hydrogens (tertiary/aromatic N) is 1. The van der Waals surface area contributed by atoms with Gasteiger partial charge in [0.1, 0.15) is 16.1 Å². The number of hydrogen-bond donors (Lipinski definition) is 2. The molecule has 21 heavy (non-hydrogen) atoms. The van der Waals surface area contributed by atoms with Gasteiger partial charge < -0.3 is 20.3 Å². The number of carbonyl (C=O) groups excluding carboxylic acids is 1. The molecular weight excluding hydrogens is 312 g/mol. The molecule has 0 spiro atoms. The van der Waals surface area contributed by atoms with E-state index >= 15 is 0 Å². The lowest BCUT2D eigenvalue weighted by atomic mass is 10.1. The summed E-state index contributed by atoms with van der Waals surface area (Å²) in [6, 6.07) is 5.40. The van der Waals surface area contributed by atoms with Crippen LogP contribution in [0.1, 0.15) is 22.6 Å². The normalized spacial score (nSPS) is 30.9. The number of amides is 1. The minimum atomic E-state index is -0.697. The predicted molar refractivity (Wildman–Crippen MR) is 79.2 cm³/mol. The number of thioether (sulfide) groups is 1. The van der Waals surface area contributed by atoms with Crippen LogP contribution < -0.4 is 10.5 Å². The number of ether oxygens (including phenoxy) is 2. The molecule has 0 saturated carbocycles. The van der Waals surface area contributed by atoms with E-state index in [0.29, 0.717) is 18.6 Å². The van der Waals surface area contributed by atoms with Gasteiger partial charge in [-0.05, 0) is 24.6 Å². The fourth-order valence-corrected chi connectivity index (χ4v) is 4.05. The summed E-state index contributed by atoms with van der Waals surface area (Å²) in [4.78, 5) is 14.6. The number of nitrogens with two attached hydrogens (primary N) is 1. The molecule has 2 saturated heterocycles. The maximum Gasteiger partial charge on any atom is 0.277 e. The topological polar surface area (TPSA) is 94.7 Å². The highest BCUT2D eigenvalue weighted by Crippen LogP contribution is 2.58. The number of aliphatic hydroxyl groups is 1. The molecule has 4 rings (SSSR count). The molecule has 3 atom stereocenters. The average molecular weight is 324 g/mol. The molecule has 2 aromatic rings. The van der Waals surface area contributed by atoms with Crippen molar-refractivity contribution in [2.24, 2.45) is 5.73 Å². The van der Waals surface area contributed by atoms with E-state index in [-0.39, 0.29) is 16.7 Å². The lowest BCUT2D eigenvalue weighted by Gasteiger charge is -2.24. The quantitative estimate of drug-likeness (QED) is 0.834. The van der Waals surface area contributed by atoms with E-state index in [9.17, 15) is 9.90 Å². The van der Waals surface area contributed by atoms with Gasteiger partial charge in [0.15, 0.2) is 5.01 Å². The maximum absolute atomic E-state index is 11.1. The van der Waals surface area contributed by atoms with Crippen LogP contribution in [-0.4, -0.2) is 32.7 Å². The van der Waals surface area contributed by atoms with Crippen molar-refractivity contribution in [2.45, 2.75) is 29.5 Å². The number of aromatic nitrogens is 1. The summed E-state index contributed by atoms with van der Waals surface area (Å²) in [6.07, 6.45) is 0.959. The Morgan fingerprint density at radius 1 is 1.57 bits per heavy atom. The Labute approximate surface area is 128 Å². The van der Waals surface area contributed by atoms with Crippen LogP contribution in [0.3, 0.4) is 0 Å². The van der Waals surface area contributed by atoms with Gasteiger partial charge in [0.05, 0.1) is 10.2 Å². The highest BCUT2D eigenvalue weighted by molar-refractivity contribution is 8.08. The van der Waals surface area contributed by atoms with Gasteiger partial charge >= 0.3 is 0 Å². The SMILES string of the molecule is NC(=O)c1nc2ccc(O[C@H]3CC[C@@]4(O)SC4O3)cc2s1. The van der Waals surface area contributed by atoms with E-state index in [2.05, 4.69) is 4.98 Å². The summed E-state index contributed by atoms with van der Waals surface area (Å²) in [7, 11) is 0. The van der Waals surface area contributed by atoms with Crippen LogP contribution in [0.4, 0.5) is 0 Å². The zero-order valence-corrected chi connectivity index (χ0v) is 12.4. The second-order valence-electron chi connectivity index (χ2n) is 5.03. The van der Waals surface area contributed by atoms with Crippen molar-refractivity contribution in [1.82, 2.24) is 4.98 Å². The lowest BCUT2D eigenvalue weighted by molar-refractivity contribution is -0.143. The van der Waals surface area contributed by atoms with Crippen LogP contribution in [0.15, 0.2) is 18.2 Å². The summed E-state index contributed by atoms with van der Waals surface area (Å²) in [5.41, 5.74) is 5.77. The molecule has 2 aliphatic rings. The minimum Gasteiger partial charge on any atom is -0.465 e. The van der Waals surface area contributed by atoms with Crippen LogP contribution in [-0.2, 0) is 4.74 Å². The van der Waals surface area contributed by atoms with Crippen molar-refractivity contribution >= 4 is 39.2 Å². The van der Waals surface area contributed by atoms with Crippen molar-refractivity contribution in [3.63, 3.8) is 0 Å². The molecule has 1 aromatic carbocycles. The first-order chi connectivity index (χ1) is 10.0. The van der Waals surface area contributed by atoms with Gasteiger partial charge in [-0.25, -0.2) is 4.98 Å². The Kier molecular flexibility index (Phi) is 2.90. The lowest BCUT2D eigenvalue weighted by Crippen LogP contribution is -2.32. The van der Waals surface area contributed by atoms with E-state index in [1.807, 2.05) is 6.07 Å². The van der Waals surface area contributed by atoms with Crippen LogP contribution in [0.25, 0.3) is 10.2 Å². The molecule has 3 N–H and O–H groups in total. The smallest absolute Gasteiger partial charge is 0.277 e. The van der Waals surface area contributed by atoms with Crippen LogP contribution >= 0.6 is 23.1 Å². The Hall–Kier alpha value is -1.35. The van der Waals surface area contributed by atoms with Crippen molar-refractivity contribution < 1.29 is 19.4 Å². The summed E-state index contributed by atoms with van der Waals surface area (Å²) in [5, 5.41) is 10.1. The van der Waals surface area contributed by atoms with E-state index in [1.54, 1.807) is 12.1 Å². The number of thiazole rings is 1. The van der Waals surface area contributed by atoms with E-state index < -0.39 is 10.8 Å². The maximum atomic E-state index is 11.1. The third-order valence-corrected chi connectivity index (χ3v) is 5.79. The molecule has 1 unspecified atom stereocenters. The second kappa shape index (κ2) is 4.57.